The van der Waals surface area contributed by atoms with Crippen LogP contribution in [0.15, 0.2) is 40.6 Å². The Morgan fingerprint density at radius 3 is 2.54 bits per heavy atom. The normalized spacial score (nSPS) is 16.0. The van der Waals surface area contributed by atoms with Crippen LogP contribution in [0.1, 0.15) is 15.2 Å². The van der Waals surface area contributed by atoms with Crippen molar-refractivity contribution in [2.24, 2.45) is 5.14 Å². The minimum Gasteiger partial charge on any atom is -0.321 e. The number of amides is 1. The summed E-state index contributed by atoms with van der Waals surface area (Å²) in [6, 6.07) is 7.69. The number of nitrogens with two attached hydrogens (primary N) is 1. The summed E-state index contributed by atoms with van der Waals surface area (Å²) in [6.45, 7) is 0.832. The third kappa shape index (κ3) is 5.13. The van der Waals surface area contributed by atoms with Crippen LogP contribution in [-0.4, -0.2) is 51.6 Å². The summed E-state index contributed by atoms with van der Waals surface area (Å²) < 4.78 is 49.7. The number of rotatable bonds is 6. The first-order chi connectivity index (χ1) is 13.2. The van der Waals surface area contributed by atoms with Crippen molar-refractivity contribution in [3.8, 4) is 0 Å². The second-order valence-corrected chi connectivity index (χ2v) is 11.8. The second kappa shape index (κ2) is 8.51. The minimum atomic E-state index is -3.75. The summed E-state index contributed by atoms with van der Waals surface area (Å²) in [5.74, 6) is 0.527. The number of thioether (sulfide) groups is 1. The Balaban J connectivity index is 1.81. The van der Waals surface area contributed by atoms with Gasteiger partial charge < -0.3 is 5.32 Å². The van der Waals surface area contributed by atoms with E-state index in [-0.39, 0.29) is 15.5 Å². The Labute approximate surface area is 172 Å². The maximum Gasteiger partial charge on any atom is 0.267 e. The Morgan fingerprint density at radius 2 is 1.86 bits per heavy atom. The van der Waals surface area contributed by atoms with Crippen molar-refractivity contribution in [3.05, 3.63) is 46.2 Å². The first-order valence-corrected chi connectivity index (χ1v) is 13.4. The molecule has 152 valence electrons. The lowest BCUT2D eigenvalue weighted by Gasteiger charge is -2.25. The van der Waals surface area contributed by atoms with E-state index in [0.29, 0.717) is 24.3 Å². The van der Waals surface area contributed by atoms with E-state index in [9.17, 15) is 21.6 Å². The molecular formula is C16H19N3O5S4. The zero-order valence-corrected chi connectivity index (χ0v) is 18.0. The average Bonchev–Trinajstić information content (AvgIpc) is 3.12. The summed E-state index contributed by atoms with van der Waals surface area (Å²) in [7, 11) is -7.45. The lowest BCUT2D eigenvalue weighted by molar-refractivity contribution is 0.102. The lowest BCUT2D eigenvalue weighted by Crippen LogP contribution is -2.38. The van der Waals surface area contributed by atoms with Crippen LogP contribution in [0, 0.1) is 0 Å². The van der Waals surface area contributed by atoms with Gasteiger partial charge in [0.25, 0.3) is 5.91 Å². The lowest BCUT2D eigenvalue weighted by atomic mass is 10.2. The Hall–Kier alpha value is -1.44. The third-order valence-electron chi connectivity index (χ3n) is 3.98. The van der Waals surface area contributed by atoms with Crippen molar-refractivity contribution in [2.45, 2.75) is 10.6 Å². The summed E-state index contributed by atoms with van der Waals surface area (Å²) >= 11 is 2.74. The van der Waals surface area contributed by atoms with E-state index in [4.69, 9.17) is 5.14 Å². The van der Waals surface area contributed by atoms with Gasteiger partial charge in [0.05, 0.1) is 5.75 Å². The van der Waals surface area contributed by atoms with Crippen LogP contribution in [-0.2, 0) is 25.8 Å². The standard InChI is InChI=1S/C16H19N3O5S4/c17-27(21,22)11-12-2-1-3-13(10-12)18-16(20)15-14(4-7-26-15)28(23,24)19-5-8-25-9-6-19/h1-4,7,10H,5-6,8-9,11H2,(H,18,20)(H2,17,21,22). The predicted octanol–water partition coefficient (Wildman–Crippen LogP) is 1.53. The molecule has 0 saturated carbocycles. The molecule has 2 aromatic rings. The van der Waals surface area contributed by atoms with E-state index in [1.54, 1.807) is 35.3 Å². The third-order valence-corrected chi connectivity index (χ3v) is 8.64. The smallest absolute Gasteiger partial charge is 0.267 e. The van der Waals surface area contributed by atoms with Crippen molar-refractivity contribution in [1.29, 1.82) is 0 Å². The van der Waals surface area contributed by atoms with Crippen molar-refractivity contribution in [1.82, 2.24) is 4.31 Å². The van der Waals surface area contributed by atoms with Crippen LogP contribution in [0.3, 0.4) is 0 Å². The molecule has 0 aliphatic carbocycles. The molecule has 0 atom stereocenters. The van der Waals surface area contributed by atoms with Crippen molar-refractivity contribution < 1.29 is 21.6 Å². The van der Waals surface area contributed by atoms with E-state index in [2.05, 4.69) is 5.32 Å². The number of benzene rings is 1. The van der Waals surface area contributed by atoms with Crippen molar-refractivity contribution in [3.63, 3.8) is 0 Å². The molecule has 0 unspecified atom stereocenters. The number of carbonyl (C=O) groups is 1. The Bertz CT molecular complexity index is 1070. The molecule has 2 heterocycles. The number of thiophene rings is 1. The molecule has 12 heteroatoms. The summed E-state index contributed by atoms with van der Waals surface area (Å²) in [5.41, 5.74) is 0.780. The molecule has 3 N–H and O–H groups in total. The first kappa shape index (κ1) is 21.3. The highest BCUT2D eigenvalue weighted by Gasteiger charge is 2.31. The number of nitrogens with one attached hydrogen (secondary N) is 1. The van der Waals surface area contributed by atoms with E-state index < -0.39 is 26.0 Å². The van der Waals surface area contributed by atoms with Gasteiger partial charge in [0.2, 0.25) is 20.0 Å². The van der Waals surface area contributed by atoms with Crippen molar-refractivity contribution >= 4 is 54.7 Å². The maximum atomic E-state index is 12.9. The molecular weight excluding hydrogens is 442 g/mol. The minimum absolute atomic E-state index is 0.0115. The maximum absolute atomic E-state index is 12.9. The fourth-order valence-corrected chi connectivity index (χ4v) is 7.27. The Kier molecular flexibility index (Phi) is 6.47. The monoisotopic (exact) mass is 461 g/mol. The molecule has 0 spiro atoms. The van der Waals surface area contributed by atoms with Gasteiger partial charge in [0.1, 0.15) is 9.77 Å². The van der Waals surface area contributed by atoms with Gasteiger partial charge in [-0.3, -0.25) is 4.79 Å². The molecule has 28 heavy (non-hydrogen) atoms. The van der Waals surface area contributed by atoms with Crippen LogP contribution in [0.25, 0.3) is 0 Å². The SMILES string of the molecule is NS(=O)(=O)Cc1cccc(NC(=O)c2sccc2S(=O)(=O)N2CCSCC2)c1. The molecule has 0 radical (unpaired) electrons. The van der Waals surface area contributed by atoms with E-state index in [1.165, 1.54) is 16.4 Å². The Morgan fingerprint density at radius 1 is 1.14 bits per heavy atom. The molecule has 1 aliphatic rings. The predicted molar refractivity (Wildman–Crippen MR) is 112 cm³/mol. The van der Waals surface area contributed by atoms with E-state index in [1.807, 2.05) is 0 Å². The highest BCUT2D eigenvalue weighted by molar-refractivity contribution is 7.99. The topological polar surface area (TPSA) is 127 Å². The van der Waals surface area contributed by atoms with Crippen LogP contribution >= 0.6 is 23.1 Å². The number of hydrogen-bond donors (Lipinski definition) is 2. The number of hydrogen-bond acceptors (Lipinski definition) is 7. The molecule has 0 bridgehead atoms. The van der Waals surface area contributed by atoms with Crippen LogP contribution in [0.2, 0.25) is 0 Å². The molecule has 1 aliphatic heterocycles. The molecule has 8 nitrogen and oxygen atoms in total. The molecule has 1 saturated heterocycles. The van der Waals surface area contributed by atoms with Gasteiger partial charge in [0, 0.05) is 30.3 Å². The van der Waals surface area contributed by atoms with E-state index in [0.717, 1.165) is 22.8 Å². The van der Waals surface area contributed by atoms with Gasteiger partial charge in [-0.1, -0.05) is 12.1 Å². The van der Waals surface area contributed by atoms with Gasteiger partial charge in [-0.15, -0.1) is 11.3 Å². The molecule has 1 aromatic heterocycles. The first-order valence-electron chi connectivity index (χ1n) is 8.23. The van der Waals surface area contributed by atoms with Gasteiger partial charge in [0.15, 0.2) is 0 Å². The number of nitrogens with zero attached hydrogens (tertiary/aromatic N) is 1. The fourth-order valence-electron chi connectivity index (χ4n) is 2.75. The number of primary sulfonamides is 1. The second-order valence-electron chi connectivity index (χ2n) is 6.09. The summed E-state index contributed by atoms with van der Waals surface area (Å²) in [6.07, 6.45) is 0. The van der Waals surface area contributed by atoms with Gasteiger partial charge in [-0.25, -0.2) is 22.0 Å². The van der Waals surface area contributed by atoms with Crippen LogP contribution in [0.5, 0.6) is 0 Å². The summed E-state index contributed by atoms with van der Waals surface area (Å²) in [4.78, 5) is 12.8. The zero-order valence-electron chi connectivity index (χ0n) is 14.7. The summed E-state index contributed by atoms with van der Waals surface area (Å²) in [5, 5.41) is 9.25. The number of carbonyl (C=O) groups excluding carboxylic acids is 1. The van der Waals surface area contributed by atoms with Gasteiger partial charge in [-0.05, 0) is 29.1 Å². The fraction of sp³-hybridized carbons (Fsp3) is 0.312. The average molecular weight is 462 g/mol. The van der Waals surface area contributed by atoms with E-state index >= 15 is 0 Å². The van der Waals surface area contributed by atoms with Crippen molar-refractivity contribution in [2.75, 3.05) is 29.9 Å². The molecule has 1 amide bonds. The van der Waals surface area contributed by atoms with Crippen LogP contribution < -0.4 is 10.5 Å². The van der Waals surface area contributed by atoms with Crippen LogP contribution in [0.4, 0.5) is 5.69 Å². The quantitative estimate of drug-likeness (QED) is 0.672. The number of sulfonamides is 2. The highest BCUT2D eigenvalue weighted by atomic mass is 32.2. The molecule has 3 rings (SSSR count). The zero-order chi connectivity index (χ0) is 20.4. The van der Waals surface area contributed by atoms with Gasteiger partial charge >= 0.3 is 0 Å². The number of anilines is 1. The highest BCUT2D eigenvalue weighted by Crippen LogP contribution is 2.28. The molecule has 1 aromatic carbocycles. The molecule has 1 fully saturated rings. The van der Waals surface area contributed by atoms with Gasteiger partial charge in [-0.2, -0.15) is 16.1 Å². The largest absolute Gasteiger partial charge is 0.321 e.